The molecule has 0 radical (unpaired) electrons. The number of ether oxygens (including phenoxy) is 1. The molecule has 1 aliphatic heterocycles. The first-order valence-corrected chi connectivity index (χ1v) is 8.04. The van der Waals surface area contributed by atoms with E-state index in [4.69, 9.17) is 4.74 Å². The number of nitrogens with zero attached hydrogens (tertiary/aromatic N) is 1. The van der Waals surface area contributed by atoms with Crippen LogP contribution in [0.25, 0.3) is 0 Å². The van der Waals surface area contributed by atoms with Gasteiger partial charge in [0.1, 0.15) is 23.5 Å². The molecule has 0 saturated carbocycles. The van der Waals surface area contributed by atoms with Crippen LogP contribution in [0.1, 0.15) is 18.4 Å². The number of likely N-dealkylation sites (tertiary alicyclic amines) is 1. The van der Waals surface area contributed by atoms with Gasteiger partial charge in [-0.25, -0.2) is 8.78 Å². The predicted molar refractivity (Wildman–Crippen MR) is 86.7 cm³/mol. The fraction of sp³-hybridized carbons (Fsp3) is 0.316. The van der Waals surface area contributed by atoms with E-state index in [1.54, 1.807) is 24.3 Å². The summed E-state index contributed by atoms with van der Waals surface area (Å²) in [4.78, 5) is 14.1. The van der Waals surface area contributed by atoms with Crippen LogP contribution in [0, 0.1) is 11.6 Å². The SMILES string of the molecule is O=C(Cc1ccc(F)cc1)N1CCC(Oc2ccc(F)cc2)CC1. The standard InChI is InChI=1S/C19H19F2NO2/c20-15-3-1-14(2-4-15)13-19(23)22-11-9-18(10-12-22)24-17-7-5-16(21)6-8-17/h1-8,18H,9-13H2. The van der Waals surface area contributed by atoms with Crippen LogP contribution in [0.15, 0.2) is 48.5 Å². The zero-order valence-electron chi connectivity index (χ0n) is 13.3. The van der Waals surface area contributed by atoms with Crippen LogP contribution in [-0.2, 0) is 11.2 Å². The van der Waals surface area contributed by atoms with Crippen LogP contribution >= 0.6 is 0 Å². The highest BCUT2D eigenvalue weighted by Crippen LogP contribution is 2.20. The third kappa shape index (κ3) is 4.31. The van der Waals surface area contributed by atoms with Gasteiger partial charge in [-0.05, 0) is 42.0 Å². The maximum Gasteiger partial charge on any atom is 0.226 e. The Morgan fingerprint density at radius 3 is 2.08 bits per heavy atom. The average Bonchev–Trinajstić information content (AvgIpc) is 2.59. The second kappa shape index (κ2) is 7.43. The summed E-state index contributed by atoms with van der Waals surface area (Å²) in [7, 11) is 0. The van der Waals surface area contributed by atoms with E-state index >= 15 is 0 Å². The molecule has 24 heavy (non-hydrogen) atoms. The monoisotopic (exact) mass is 331 g/mol. The van der Waals surface area contributed by atoms with Gasteiger partial charge in [0.05, 0.1) is 6.42 Å². The number of hydrogen-bond acceptors (Lipinski definition) is 2. The van der Waals surface area contributed by atoms with Crippen molar-refractivity contribution < 1.29 is 18.3 Å². The zero-order chi connectivity index (χ0) is 16.9. The molecule has 3 rings (SSSR count). The van der Waals surface area contributed by atoms with Gasteiger partial charge in [0.25, 0.3) is 0 Å². The van der Waals surface area contributed by atoms with Gasteiger partial charge in [-0.15, -0.1) is 0 Å². The predicted octanol–water partition coefficient (Wildman–Crippen LogP) is 3.58. The molecule has 3 nitrogen and oxygen atoms in total. The van der Waals surface area contributed by atoms with Gasteiger partial charge in [0.15, 0.2) is 0 Å². The molecular weight excluding hydrogens is 312 g/mol. The van der Waals surface area contributed by atoms with Gasteiger partial charge in [-0.1, -0.05) is 12.1 Å². The van der Waals surface area contributed by atoms with Crippen molar-refractivity contribution in [3.63, 3.8) is 0 Å². The van der Waals surface area contributed by atoms with Crippen molar-refractivity contribution in [2.45, 2.75) is 25.4 Å². The maximum absolute atomic E-state index is 12.9. The summed E-state index contributed by atoms with van der Waals surface area (Å²) < 4.78 is 31.6. The average molecular weight is 331 g/mol. The second-order valence-corrected chi connectivity index (χ2v) is 5.96. The first-order valence-electron chi connectivity index (χ1n) is 8.04. The molecule has 1 fully saturated rings. The lowest BCUT2D eigenvalue weighted by Gasteiger charge is -2.32. The van der Waals surface area contributed by atoms with Gasteiger partial charge in [-0.3, -0.25) is 4.79 Å². The molecule has 0 N–H and O–H groups in total. The Hall–Kier alpha value is -2.43. The van der Waals surface area contributed by atoms with Gasteiger partial charge >= 0.3 is 0 Å². The van der Waals surface area contributed by atoms with Crippen molar-refractivity contribution >= 4 is 5.91 Å². The zero-order valence-corrected chi connectivity index (χ0v) is 13.3. The minimum Gasteiger partial charge on any atom is -0.490 e. The molecule has 1 heterocycles. The molecule has 1 aliphatic rings. The molecule has 0 aromatic heterocycles. The van der Waals surface area contributed by atoms with Gasteiger partial charge in [-0.2, -0.15) is 0 Å². The number of amides is 1. The fourth-order valence-corrected chi connectivity index (χ4v) is 2.82. The number of hydrogen-bond donors (Lipinski definition) is 0. The minimum atomic E-state index is -0.301. The van der Waals surface area contributed by atoms with Crippen LogP contribution in [0.2, 0.25) is 0 Å². The summed E-state index contributed by atoms with van der Waals surface area (Å²) in [6, 6.07) is 12.0. The van der Waals surface area contributed by atoms with Crippen LogP contribution in [0.3, 0.4) is 0 Å². The molecule has 5 heteroatoms. The van der Waals surface area contributed by atoms with Crippen molar-refractivity contribution in [1.82, 2.24) is 4.90 Å². The first kappa shape index (κ1) is 16.4. The minimum absolute atomic E-state index is 0.0327. The summed E-state index contributed by atoms with van der Waals surface area (Å²) in [6.07, 6.45) is 1.80. The van der Waals surface area contributed by atoms with E-state index in [-0.39, 0.29) is 30.1 Å². The van der Waals surface area contributed by atoms with Crippen molar-refractivity contribution in [1.29, 1.82) is 0 Å². The summed E-state index contributed by atoms with van der Waals surface area (Å²) in [6.45, 7) is 1.26. The van der Waals surface area contributed by atoms with Crippen LogP contribution in [0.4, 0.5) is 8.78 Å². The molecular formula is C19H19F2NO2. The Labute approximate surface area is 139 Å². The third-order valence-corrected chi connectivity index (χ3v) is 4.18. The molecule has 126 valence electrons. The van der Waals surface area contributed by atoms with Crippen molar-refractivity contribution in [3.05, 3.63) is 65.7 Å². The third-order valence-electron chi connectivity index (χ3n) is 4.18. The van der Waals surface area contributed by atoms with Crippen molar-refractivity contribution in [3.8, 4) is 5.75 Å². The van der Waals surface area contributed by atoms with Crippen molar-refractivity contribution in [2.24, 2.45) is 0 Å². The molecule has 0 bridgehead atoms. The fourth-order valence-electron chi connectivity index (χ4n) is 2.82. The summed E-state index contributed by atoms with van der Waals surface area (Å²) in [5.74, 6) is 0.0999. The number of carbonyl (C=O) groups is 1. The Morgan fingerprint density at radius 1 is 0.958 bits per heavy atom. The Balaban J connectivity index is 1.48. The summed E-state index contributed by atoms with van der Waals surface area (Å²) in [5.41, 5.74) is 0.811. The van der Waals surface area contributed by atoms with Crippen LogP contribution < -0.4 is 4.74 Å². The maximum atomic E-state index is 12.9. The largest absolute Gasteiger partial charge is 0.490 e. The molecule has 0 aliphatic carbocycles. The molecule has 2 aromatic rings. The molecule has 1 amide bonds. The molecule has 1 saturated heterocycles. The number of carbonyl (C=O) groups excluding carboxylic acids is 1. The highest BCUT2D eigenvalue weighted by atomic mass is 19.1. The Morgan fingerprint density at radius 2 is 1.50 bits per heavy atom. The van der Waals surface area contributed by atoms with Crippen LogP contribution in [-0.4, -0.2) is 30.0 Å². The lowest BCUT2D eigenvalue weighted by atomic mass is 10.1. The van der Waals surface area contributed by atoms with E-state index in [2.05, 4.69) is 0 Å². The van der Waals surface area contributed by atoms with E-state index in [0.29, 0.717) is 18.8 Å². The number of halogens is 2. The topological polar surface area (TPSA) is 29.5 Å². The molecule has 0 atom stereocenters. The lowest BCUT2D eigenvalue weighted by Crippen LogP contribution is -2.42. The number of piperidine rings is 1. The van der Waals surface area contributed by atoms with E-state index in [9.17, 15) is 13.6 Å². The van der Waals surface area contributed by atoms with E-state index in [0.717, 1.165) is 18.4 Å². The smallest absolute Gasteiger partial charge is 0.226 e. The second-order valence-electron chi connectivity index (χ2n) is 5.96. The highest BCUT2D eigenvalue weighted by Gasteiger charge is 2.23. The van der Waals surface area contributed by atoms with E-state index in [1.807, 2.05) is 4.90 Å². The van der Waals surface area contributed by atoms with Gasteiger partial charge in [0.2, 0.25) is 5.91 Å². The molecule has 2 aromatic carbocycles. The van der Waals surface area contributed by atoms with E-state index in [1.165, 1.54) is 24.3 Å². The van der Waals surface area contributed by atoms with Crippen molar-refractivity contribution in [2.75, 3.05) is 13.1 Å². The van der Waals surface area contributed by atoms with Gasteiger partial charge < -0.3 is 9.64 Å². The molecule has 0 unspecified atom stereocenters. The highest BCUT2D eigenvalue weighted by molar-refractivity contribution is 5.78. The summed E-state index contributed by atoms with van der Waals surface area (Å²) in [5, 5.41) is 0. The lowest BCUT2D eigenvalue weighted by molar-refractivity contribution is -0.132. The van der Waals surface area contributed by atoms with Gasteiger partial charge in [0, 0.05) is 25.9 Å². The Bertz CT molecular complexity index is 678. The molecule has 0 spiro atoms. The Kier molecular flexibility index (Phi) is 5.08. The normalized spacial score (nSPS) is 15.3. The first-order chi connectivity index (χ1) is 11.6. The van der Waals surface area contributed by atoms with E-state index < -0.39 is 0 Å². The summed E-state index contributed by atoms with van der Waals surface area (Å²) >= 11 is 0. The quantitative estimate of drug-likeness (QED) is 0.857. The van der Waals surface area contributed by atoms with Crippen LogP contribution in [0.5, 0.6) is 5.75 Å². The number of rotatable bonds is 4. The number of benzene rings is 2.